The van der Waals surface area contributed by atoms with Crippen LogP contribution in [0.3, 0.4) is 0 Å². The summed E-state index contributed by atoms with van der Waals surface area (Å²) in [6.07, 6.45) is 3.39. The number of halogens is 1. The summed E-state index contributed by atoms with van der Waals surface area (Å²) in [5.41, 5.74) is 0.466. The smallest absolute Gasteiger partial charge is 0.229 e. The molecule has 31 heavy (non-hydrogen) atoms. The van der Waals surface area contributed by atoms with Gasteiger partial charge in [0.1, 0.15) is 17.2 Å². The molecular formula is C18H28ClN7O4S. The van der Waals surface area contributed by atoms with E-state index >= 15 is 0 Å². The highest BCUT2D eigenvalue weighted by molar-refractivity contribution is 7.90. The Morgan fingerprint density at radius 3 is 2.52 bits per heavy atom. The molecule has 5 N–H and O–H groups in total. The Kier molecular flexibility index (Phi) is 7.06. The van der Waals surface area contributed by atoms with Gasteiger partial charge in [-0.1, -0.05) is 11.6 Å². The van der Waals surface area contributed by atoms with E-state index in [0.717, 1.165) is 6.21 Å². The predicted molar refractivity (Wildman–Crippen MR) is 119 cm³/mol. The van der Waals surface area contributed by atoms with Crippen LogP contribution in [0.2, 0.25) is 5.02 Å². The lowest BCUT2D eigenvalue weighted by molar-refractivity contribution is 0.0690. The molecule has 1 aromatic heterocycles. The van der Waals surface area contributed by atoms with E-state index in [1.165, 1.54) is 6.20 Å². The minimum Gasteiger partial charge on any atom is -0.392 e. The fraction of sp³-hybridized carbons (Fsp3) is 0.611. The Morgan fingerprint density at radius 2 is 1.90 bits per heavy atom. The van der Waals surface area contributed by atoms with Crippen molar-refractivity contribution in [2.45, 2.75) is 49.8 Å². The van der Waals surface area contributed by atoms with Gasteiger partial charge in [0.05, 0.1) is 41.9 Å². The van der Waals surface area contributed by atoms with Crippen molar-refractivity contribution >= 4 is 39.6 Å². The van der Waals surface area contributed by atoms with Crippen LogP contribution < -0.4 is 20.7 Å². The molecule has 1 aromatic rings. The summed E-state index contributed by atoms with van der Waals surface area (Å²) >= 11 is 6.25. The van der Waals surface area contributed by atoms with Crippen molar-refractivity contribution in [1.82, 2.24) is 20.0 Å². The number of nitrogens with zero attached hydrogens (tertiary/aromatic N) is 2. The molecule has 3 heterocycles. The molecule has 0 bridgehead atoms. The van der Waals surface area contributed by atoms with Crippen LogP contribution in [-0.2, 0) is 19.5 Å². The topological polar surface area (TPSA) is 150 Å². The van der Waals surface area contributed by atoms with Crippen LogP contribution in [0.5, 0.6) is 0 Å². The molecule has 0 aromatic carbocycles. The zero-order valence-corrected chi connectivity index (χ0v) is 19.3. The van der Waals surface area contributed by atoms with Gasteiger partial charge in [0, 0.05) is 19.5 Å². The van der Waals surface area contributed by atoms with Gasteiger partial charge in [0.25, 0.3) is 0 Å². The third-order valence-corrected chi connectivity index (χ3v) is 7.45. The Labute approximate surface area is 186 Å². The molecule has 0 amide bonds. The number of sulfonamides is 1. The average Bonchev–Trinajstić information content (AvgIpc) is 3.26. The van der Waals surface area contributed by atoms with E-state index in [2.05, 4.69) is 30.6 Å². The lowest BCUT2D eigenvalue weighted by Gasteiger charge is -2.24. The molecule has 172 valence electrons. The fourth-order valence-electron chi connectivity index (χ4n) is 3.20. The molecule has 2 aliphatic rings. The van der Waals surface area contributed by atoms with E-state index in [1.54, 1.807) is 34.0 Å². The monoisotopic (exact) mass is 473 g/mol. The van der Waals surface area contributed by atoms with Crippen molar-refractivity contribution in [3.05, 3.63) is 23.1 Å². The first-order valence-electron chi connectivity index (χ1n) is 9.75. The largest absolute Gasteiger partial charge is 0.392 e. The van der Waals surface area contributed by atoms with Crippen molar-refractivity contribution < 1.29 is 17.9 Å². The Balaban J connectivity index is 1.69. The molecule has 2 fully saturated rings. The molecule has 4 unspecified atom stereocenters. The van der Waals surface area contributed by atoms with Gasteiger partial charge < -0.3 is 30.8 Å². The molecule has 13 heteroatoms. The third-order valence-electron chi connectivity index (χ3n) is 4.94. The van der Waals surface area contributed by atoms with Crippen molar-refractivity contribution in [1.29, 1.82) is 5.41 Å². The Bertz CT molecular complexity index is 951. The highest BCUT2D eigenvalue weighted by atomic mass is 35.5. The summed E-state index contributed by atoms with van der Waals surface area (Å²) in [5, 5.41) is 16.7. The number of hydrogen-bond acceptors (Lipinski definition) is 10. The van der Waals surface area contributed by atoms with Gasteiger partial charge in [-0.3, -0.25) is 0 Å². The molecule has 0 aliphatic carbocycles. The van der Waals surface area contributed by atoms with E-state index in [9.17, 15) is 8.42 Å². The first-order valence-corrected chi connectivity index (χ1v) is 11.6. The second-order valence-electron chi connectivity index (χ2n) is 8.23. The quantitative estimate of drug-likeness (QED) is 0.347. The summed E-state index contributed by atoms with van der Waals surface area (Å²) in [7, 11) is -1.82. The summed E-state index contributed by atoms with van der Waals surface area (Å²) in [4.78, 5) is 8.49. The van der Waals surface area contributed by atoms with Gasteiger partial charge in [-0.25, -0.2) is 18.1 Å². The highest BCUT2D eigenvalue weighted by Crippen LogP contribution is 2.31. The number of ether oxygens (including phenoxy) is 2. The molecule has 4 atom stereocenters. The molecule has 0 saturated carbocycles. The lowest BCUT2D eigenvalue weighted by Crippen LogP contribution is -2.50. The van der Waals surface area contributed by atoms with Gasteiger partial charge in [0.15, 0.2) is 5.82 Å². The van der Waals surface area contributed by atoms with Crippen LogP contribution in [0.25, 0.3) is 0 Å². The van der Waals surface area contributed by atoms with E-state index in [0.29, 0.717) is 23.1 Å². The van der Waals surface area contributed by atoms with Gasteiger partial charge in [-0.15, -0.1) is 0 Å². The van der Waals surface area contributed by atoms with Gasteiger partial charge in [-0.2, -0.15) is 4.98 Å². The first-order chi connectivity index (χ1) is 14.6. The SMILES string of the molecule is CN/C=C(\C=N)Nc1ncc(Cl)c(NC2COC3C(NS(=O)(=O)C(C)(C)C)COC23)n1. The lowest BCUT2D eigenvalue weighted by atomic mass is 10.1. The molecule has 11 nitrogen and oxygen atoms in total. The molecule has 2 saturated heterocycles. The maximum absolute atomic E-state index is 12.5. The van der Waals surface area contributed by atoms with Crippen LogP contribution in [0, 0.1) is 5.41 Å². The minimum absolute atomic E-state index is 0.213. The number of aromatic nitrogens is 2. The third kappa shape index (κ3) is 5.26. The molecular weight excluding hydrogens is 446 g/mol. The zero-order chi connectivity index (χ0) is 22.8. The van der Waals surface area contributed by atoms with E-state index in [1.807, 2.05) is 0 Å². The first kappa shape index (κ1) is 23.7. The van der Waals surface area contributed by atoms with E-state index < -0.39 is 26.9 Å². The molecule has 3 rings (SSSR count). The number of allylic oxidation sites excluding steroid dienone is 1. The minimum atomic E-state index is -3.54. The van der Waals surface area contributed by atoms with Crippen molar-refractivity contribution in [3.63, 3.8) is 0 Å². The van der Waals surface area contributed by atoms with Crippen molar-refractivity contribution in [2.75, 3.05) is 30.9 Å². The second-order valence-corrected chi connectivity index (χ2v) is 11.1. The van der Waals surface area contributed by atoms with Crippen LogP contribution >= 0.6 is 11.6 Å². The van der Waals surface area contributed by atoms with E-state index in [-0.39, 0.29) is 24.7 Å². The van der Waals surface area contributed by atoms with Crippen LogP contribution in [-0.4, -0.2) is 73.9 Å². The molecule has 2 aliphatic heterocycles. The summed E-state index contributed by atoms with van der Waals surface area (Å²) in [6, 6.07) is -0.745. The van der Waals surface area contributed by atoms with Crippen LogP contribution in [0.1, 0.15) is 20.8 Å². The zero-order valence-electron chi connectivity index (χ0n) is 17.8. The number of fused-ring (bicyclic) bond motifs is 1. The van der Waals surface area contributed by atoms with Crippen LogP contribution in [0.15, 0.2) is 18.1 Å². The second kappa shape index (κ2) is 9.25. The fourth-order valence-corrected chi connectivity index (χ4v) is 4.30. The number of rotatable bonds is 8. The average molecular weight is 474 g/mol. The highest BCUT2D eigenvalue weighted by Gasteiger charge is 2.50. The van der Waals surface area contributed by atoms with Gasteiger partial charge in [-0.05, 0) is 20.8 Å². The Morgan fingerprint density at radius 1 is 1.26 bits per heavy atom. The van der Waals surface area contributed by atoms with Crippen LogP contribution in [0.4, 0.5) is 11.8 Å². The molecule has 0 spiro atoms. The summed E-state index contributed by atoms with van der Waals surface area (Å²) in [6.45, 7) is 5.44. The van der Waals surface area contributed by atoms with Gasteiger partial charge in [0.2, 0.25) is 16.0 Å². The van der Waals surface area contributed by atoms with Crippen molar-refractivity contribution in [2.24, 2.45) is 0 Å². The Hall–Kier alpha value is -1.99. The number of nitrogens with one attached hydrogen (secondary N) is 5. The maximum atomic E-state index is 12.5. The summed E-state index contributed by atoms with van der Waals surface area (Å²) < 4.78 is 38.5. The van der Waals surface area contributed by atoms with E-state index in [4.69, 9.17) is 26.5 Å². The standard InChI is InChI=1S/C18H28ClN7O4S/c1-18(2,3)31(27,28)26-13-9-30-14-12(8-29-15(13)14)24-16-11(19)7-22-17(25-16)23-10(5-20)6-21-4/h5-7,12-15,20-21,26H,8-9H2,1-4H3,(H2,22,23,24,25)/b10-6+,20-5?. The van der Waals surface area contributed by atoms with Crippen molar-refractivity contribution in [3.8, 4) is 0 Å². The molecule has 0 radical (unpaired) electrons. The summed E-state index contributed by atoms with van der Waals surface area (Å²) in [5.74, 6) is 0.639. The predicted octanol–water partition coefficient (Wildman–Crippen LogP) is 0.917. The normalized spacial score (nSPS) is 26.4. The number of anilines is 2. The number of hydrogen-bond donors (Lipinski definition) is 5. The van der Waals surface area contributed by atoms with Gasteiger partial charge >= 0.3 is 0 Å². The maximum Gasteiger partial charge on any atom is 0.229 e.